The van der Waals surface area contributed by atoms with Gasteiger partial charge in [-0.05, 0) is 12.8 Å². The van der Waals surface area contributed by atoms with Crippen LogP contribution in [0.5, 0.6) is 0 Å². The Hall–Kier alpha value is -0.860. The minimum absolute atomic E-state index is 0.472. The van der Waals surface area contributed by atoms with Gasteiger partial charge in [0.25, 0.3) is 0 Å². The Balaban J connectivity index is 2.20. The number of aromatic nitrogens is 3. The van der Waals surface area contributed by atoms with Crippen LogP contribution in [0.15, 0.2) is 0 Å². The fraction of sp³-hybridized carbons (Fsp3) is 0.833. The minimum atomic E-state index is 0.472. The van der Waals surface area contributed by atoms with E-state index < -0.39 is 0 Å². The Labute approximate surface area is 91.9 Å². The maximum absolute atomic E-state index is 4.37. The summed E-state index contributed by atoms with van der Waals surface area (Å²) >= 11 is 0. The number of hydrogen-bond donors (Lipinski definition) is 0. The van der Waals surface area contributed by atoms with Crippen molar-refractivity contribution in [2.45, 2.75) is 57.8 Å². The molecule has 0 unspecified atom stereocenters. The largest absolute Gasteiger partial charge is 0.318 e. The summed E-state index contributed by atoms with van der Waals surface area (Å²) in [6, 6.07) is 0. The van der Waals surface area contributed by atoms with E-state index in [1.165, 1.54) is 37.9 Å². The van der Waals surface area contributed by atoms with Crippen LogP contribution in [-0.2, 0) is 7.05 Å². The average Bonchev–Trinajstić information content (AvgIpc) is 2.61. The van der Waals surface area contributed by atoms with Crippen LogP contribution < -0.4 is 0 Å². The lowest BCUT2D eigenvalue weighted by molar-refractivity contribution is 0.419. The van der Waals surface area contributed by atoms with Gasteiger partial charge in [0.15, 0.2) is 0 Å². The summed E-state index contributed by atoms with van der Waals surface area (Å²) in [5.74, 6) is 3.46. The summed E-state index contributed by atoms with van der Waals surface area (Å²) in [5.41, 5.74) is 0. The molecule has 1 aliphatic carbocycles. The van der Waals surface area contributed by atoms with E-state index in [2.05, 4.69) is 35.7 Å². The summed E-state index contributed by atoms with van der Waals surface area (Å²) in [6.45, 7) is 4.35. The summed E-state index contributed by atoms with van der Waals surface area (Å²) in [4.78, 5) is 0. The van der Waals surface area contributed by atoms with Gasteiger partial charge in [-0.3, -0.25) is 0 Å². The normalized spacial score (nSPS) is 18.7. The third kappa shape index (κ3) is 2.06. The lowest BCUT2D eigenvalue weighted by atomic mass is 9.88. The highest BCUT2D eigenvalue weighted by Crippen LogP contribution is 2.32. The molecule has 1 aromatic heterocycles. The van der Waals surface area contributed by atoms with Crippen LogP contribution in [0.25, 0.3) is 0 Å². The SMILES string of the molecule is CC(C)c1nnc(C2CCCCC2)n1C. The van der Waals surface area contributed by atoms with Crippen LogP contribution in [0.1, 0.15) is 69.4 Å². The highest BCUT2D eigenvalue weighted by molar-refractivity contribution is 5.04. The molecule has 0 spiro atoms. The van der Waals surface area contributed by atoms with Crippen LogP contribution in [0.2, 0.25) is 0 Å². The summed E-state index contributed by atoms with van der Waals surface area (Å²) in [7, 11) is 2.11. The van der Waals surface area contributed by atoms with Crippen molar-refractivity contribution in [2.24, 2.45) is 7.05 Å². The van der Waals surface area contributed by atoms with E-state index in [1.807, 2.05) is 0 Å². The monoisotopic (exact) mass is 207 g/mol. The van der Waals surface area contributed by atoms with Crippen molar-refractivity contribution >= 4 is 0 Å². The van der Waals surface area contributed by atoms with Crippen LogP contribution in [0, 0.1) is 0 Å². The Morgan fingerprint density at radius 1 is 1.13 bits per heavy atom. The van der Waals surface area contributed by atoms with Crippen molar-refractivity contribution in [2.75, 3.05) is 0 Å². The molecule has 0 N–H and O–H groups in total. The van der Waals surface area contributed by atoms with Crippen LogP contribution in [0.3, 0.4) is 0 Å². The first-order chi connectivity index (χ1) is 7.20. The van der Waals surface area contributed by atoms with Gasteiger partial charge >= 0.3 is 0 Å². The molecule has 0 aliphatic heterocycles. The molecular formula is C12H21N3. The second-order valence-corrected chi connectivity index (χ2v) is 4.97. The van der Waals surface area contributed by atoms with E-state index in [4.69, 9.17) is 0 Å². The van der Waals surface area contributed by atoms with Crippen LogP contribution in [-0.4, -0.2) is 14.8 Å². The quantitative estimate of drug-likeness (QED) is 0.746. The predicted molar refractivity (Wildman–Crippen MR) is 60.9 cm³/mol. The first-order valence-electron chi connectivity index (χ1n) is 6.09. The Morgan fingerprint density at radius 3 is 2.33 bits per heavy atom. The zero-order chi connectivity index (χ0) is 10.8. The van der Waals surface area contributed by atoms with Crippen molar-refractivity contribution < 1.29 is 0 Å². The zero-order valence-corrected chi connectivity index (χ0v) is 10.0. The number of hydrogen-bond acceptors (Lipinski definition) is 2. The molecule has 1 heterocycles. The molecule has 1 aliphatic rings. The van der Waals surface area contributed by atoms with Gasteiger partial charge in [-0.25, -0.2) is 0 Å². The average molecular weight is 207 g/mol. The topological polar surface area (TPSA) is 30.7 Å². The molecule has 0 atom stereocenters. The van der Waals surface area contributed by atoms with Crippen molar-refractivity contribution in [3.63, 3.8) is 0 Å². The van der Waals surface area contributed by atoms with Gasteiger partial charge < -0.3 is 4.57 Å². The summed E-state index contributed by atoms with van der Waals surface area (Å²) in [5, 5.41) is 8.68. The third-order valence-electron chi connectivity index (χ3n) is 3.43. The van der Waals surface area contributed by atoms with Crippen LogP contribution in [0.4, 0.5) is 0 Å². The molecule has 84 valence electrons. The van der Waals surface area contributed by atoms with Crippen molar-refractivity contribution in [1.29, 1.82) is 0 Å². The molecule has 3 nitrogen and oxygen atoms in total. The van der Waals surface area contributed by atoms with E-state index in [0.29, 0.717) is 11.8 Å². The van der Waals surface area contributed by atoms with Gasteiger partial charge in [-0.2, -0.15) is 0 Å². The first-order valence-corrected chi connectivity index (χ1v) is 6.09. The van der Waals surface area contributed by atoms with Crippen molar-refractivity contribution in [3.05, 3.63) is 11.6 Å². The van der Waals surface area contributed by atoms with Gasteiger partial charge in [0, 0.05) is 18.9 Å². The molecule has 0 aromatic carbocycles. The molecule has 1 aromatic rings. The van der Waals surface area contributed by atoms with Gasteiger partial charge in [0.1, 0.15) is 11.6 Å². The molecule has 1 fully saturated rings. The number of nitrogens with zero attached hydrogens (tertiary/aromatic N) is 3. The van der Waals surface area contributed by atoms with Crippen molar-refractivity contribution in [1.82, 2.24) is 14.8 Å². The second kappa shape index (κ2) is 4.33. The van der Waals surface area contributed by atoms with E-state index in [-0.39, 0.29) is 0 Å². The maximum Gasteiger partial charge on any atom is 0.135 e. The standard InChI is InChI=1S/C12H21N3/c1-9(2)11-13-14-12(15(11)3)10-7-5-4-6-8-10/h9-10H,4-8H2,1-3H3. The first kappa shape index (κ1) is 10.7. The van der Waals surface area contributed by atoms with E-state index in [0.717, 1.165) is 5.82 Å². The molecule has 0 bridgehead atoms. The van der Waals surface area contributed by atoms with E-state index >= 15 is 0 Å². The number of rotatable bonds is 2. The molecular weight excluding hydrogens is 186 g/mol. The Kier molecular flexibility index (Phi) is 3.08. The van der Waals surface area contributed by atoms with Gasteiger partial charge in [0.2, 0.25) is 0 Å². The molecule has 2 rings (SSSR count). The van der Waals surface area contributed by atoms with E-state index in [1.54, 1.807) is 0 Å². The lowest BCUT2D eigenvalue weighted by Gasteiger charge is -2.20. The Morgan fingerprint density at radius 2 is 1.80 bits per heavy atom. The molecule has 0 amide bonds. The Bertz CT molecular complexity index is 322. The fourth-order valence-electron chi connectivity index (χ4n) is 2.57. The van der Waals surface area contributed by atoms with E-state index in [9.17, 15) is 0 Å². The van der Waals surface area contributed by atoms with Gasteiger partial charge in [-0.15, -0.1) is 10.2 Å². The minimum Gasteiger partial charge on any atom is -0.318 e. The van der Waals surface area contributed by atoms with Gasteiger partial charge in [0.05, 0.1) is 0 Å². The second-order valence-electron chi connectivity index (χ2n) is 4.97. The zero-order valence-electron chi connectivity index (χ0n) is 10.0. The highest BCUT2D eigenvalue weighted by Gasteiger charge is 2.22. The van der Waals surface area contributed by atoms with Gasteiger partial charge in [-0.1, -0.05) is 33.1 Å². The summed E-state index contributed by atoms with van der Waals surface area (Å²) < 4.78 is 2.21. The fourth-order valence-corrected chi connectivity index (χ4v) is 2.57. The smallest absolute Gasteiger partial charge is 0.135 e. The molecule has 3 heteroatoms. The molecule has 1 saturated carbocycles. The highest BCUT2D eigenvalue weighted by atomic mass is 15.3. The summed E-state index contributed by atoms with van der Waals surface area (Å²) in [6.07, 6.45) is 6.70. The molecule has 0 saturated heterocycles. The van der Waals surface area contributed by atoms with Crippen LogP contribution >= 0.6 is 0 Å². The lowest BCUT2D eigenvalue weighted by Crippen LogP contribution is -2.11. The maximum atomic E-state index is 4.37. The van der Waals surface area contributed by atoms with Crippen molar-refractivity contribution in [3.8, 4) is 0 Å². The molecule has 0 radical (unpaired) electrons. The third-order valence-corrected chi connectivity index (χ3v) is 3.43. The predicted octanol–water partition coefficient (Wildman–Crippen LogP) is 2.99. The molecule has 15 heavy (non-hydrogen) atoms.